The van der Waals surface area contributed by atoms with Gasteiger partial charge >= 0.3 is 0 Å². The van der Waals surface area contributed by atoms with Gasteiger partial charge in [0.2, 0.25) is 0 Å². The van der Waals surface area contributed by atoms with Crippen molar-refractivity contribution in [3.05, 3.63) is 58.9 Å². The molecule has 1 heterocycles. The lowest BCUT2D eigenvalue weighted by atomic mass is 9.93. The molecule has 0 aliphatic carbocycles. The maximum atomic E-state index is 13.6. The van der Waals surface area contributed by atoms with Crippen LogP contribution in [-0.2, 0) is 19.5 Å². The summed E-state index contributed by atoms with van der Waals surface area (Å²) in [5, 5.41) is 0. The van der Waals surface area contributed by atoms with Gasteiger partial charge in [-0.25, -0.2) is 4.39 Å². The molecular formula is C25H34FNO2. The molecule has 0 saturated carbocycles. The molecule has 4 heteroatoms. The van der Waals surface area contributed by atoms with E-state index in [0.29, 0.717) is 0 Å². The zero-order valence-electron chi connectivity index (χ0n) is 18.6. The summed E-state index contributed by atoms with van der Waals surface area (Å²) >= 11 is 0. The number of fused-ring (bicyclic) bond motifs is 1. The molecule has 1 aliphatic heterocycles. The van der Waals surface area contributed by atoms with Crippen molar-refractivity contribution >= 4 is 0 Å². The van der Waals surface area contributed by atoms with Crippen molar-refractivity contribution < 1.29 is 13.9 Å². The van der Waals surface area contributed by atoms with E-state index >= 15 is 0 Å². The molecule has 0 aromatic heterocycles. The van der Waals surface area contributed by atoms with Crippen molar-refractivity contribution in [3.63, 3.8) is 0 Å². The van der Waals surface area contributed by atoms with Crippen LogP contribution in [0.3, 0.4) is 0 Å². The summed E-state index contributed by atoms with van der Waals surface area (Å²) in [5.41, 5.74) is 3.61. The van der Waals surface area contributed by atoms with E-state index in [1.54, 1.807) is 12.1 Å². The fraction of sp³-hybridized carbons (Fsp3) is 0.520. The van der Waals surface area contributed by atoms with E-state index in [1.165, 1.54) is 11.1 Å². The van der Waals surface area contributed by atoms with E-state index in [0.717, 1.165) is 43.0 Å². The molecule has 2 aromatic rings. The van der Waals surface area contributed by atoms with Crippen LogP contribution in [0.25, 0.3) is 0 Å². The Hall–Kier alpha value is -2.07. The summed E-state index contributed by atoms with van der Waals surface area (Å²) in [4.78, 5) is 2.44. The molecule has 158 valence electrons. The van der Waals surface area contributed by atoms with Crippen molar-refractivity contribution in [1.82, 2.24) is 4.90 Å². The van der Waals surface area contributed by atoms with E-state index in [9.17, 15) is 4.39 Å². The maximum Gasteiger partial charge on any atom is 0.161 e. The third-order valence-electron chi connectivity index (χ3n) is 5.51. The Kier molecular flexibility index (Phi) is 6.52. The van der Waals surface area contributed by atoms with Gasteiger partial charge < -0.3 is 9.47 Å². The lowest BCUT2D eigenvalue weighted by Gasteiger charge is -2.35. The van der Waals surface area contributed by atoms with Gasteiger partial charge in [-0.15, -0.1) is 0 Å². The fourth-order valence-corrected chi connectivity index (χ4v) is 3.80. The van der Waals surface area contributed by atoms with Gasteiger partial charge in [-0.3, -0.25) is 4.90 Å². The molecule has 0 atom stereocenters. The highest BCUT2D eigenvalue weighted by atomic mass is 19.1. The molecule has 2 aromatic carbocycles. The molecule has 0 fully saturated rings. The SMILES string of the molecule is CC(C)Oc1ccc(CCC(C)(C)N2Cc3ccc(F)cc3C2)cc1OC(C)C. The molecule has 0 unspecified atom stereocenters. The average molecular weight is 400 g/mol. The second kappa shape index (κ2) is 8.74. The average Bonchev–Trinajstić information content (AvgIpc) is 3.05. The summed E-state index contributed by atoms with van der Waals surface area (Å²) in [7, 11) is 0. The van der Waals surface area contributed by atoms with Gasteiger partial charge in [-0.1, -0.05) is 12.1 Å². The van der Waals surface area contributed by atoms with Crippen molar-refractivity contribution in [2.24, 2.45) is 0 Å². The largest absolute Gasteiger partial charge is 0.487 e. The number of aryl methyl sites for hydroxylation is 1. The quantitative estimate of drug-likeness (QED) is 0.533. The van der Waals surface area contributed by atoms with Gasteiger partial charge in [0.15, 0.2) is 11.5 Å². The first-order chi connectivity index (χ1) is 13.6. The number of nitrogens with zero attached hydrogens (tertiary/aromatic N) is 1. The third-order valence-corrected chi connectivity index (χ3v) is 5.51. The Labute approximate surface area is 174 Å². The monoisotopic (exact) mass is 399 g/mol. The van der Waals surface area contributed by atoms with Crippen LogP contribution in [0.4, 0.5) is 4.39 Å². The predicted octanol–water partition coefficient (Wildman–Crippen LogP) is 6.13. The smallest absolute Gasteiger partial charge is 0.161 e. The standard InChI is InChI=1S/C25H34FNO2/c1-17(2)28-23-10-7-19(13-24(23)29-18(3)4)11-12-25(5,6)27-15-20-8-9-22(26)14-21(20)16-27/h7-10,13-14,17-18H,11-12,15-16H2,1-6H3. The fourth-order valence-electron chi connectivity index (χ4n) is 3.80. The molecule has 0 saturated heterocycles. The molecule has 0 radical (unpaired) electrons. The normalized spacial score (nSPS) is 14.5. The molecule has 29 heavy (non-hydrogen) atoms. The summed E-state index contributed by atoms with van der Waals surface area (Å²) in [5.74, 6) is 1.46. The van der Waals surface area contributed by atoms with E-state index in [1.807, 2.05) is 39.8 Å². The number of halogens is 1. The lowest BCUT2D eigenvalue weighted by molar-refractivity contribution is 0.109. The summed E-state index contributed by atoms with van der Waals surface area (Å²) in [6, 6.07) is 11.4. The van der Waals surface area contributed by atoms with Gasteiger partial charge in [0.25, 0.3) is 0 Å². The zero-order valence-corrected chi connectivity index (χ0v) is 18.6. The molecular weight excluding hydrogens is 365 g/mol. The number of ether oxygens (including phenoxy) is 2. The Morgan fingerprint density at radius 1 is 0.897 bits per heavy atom. The summed E-state index contributed by atoms with van der Waals surface area (Å²) in [6.45, 7) is 14.3. The summed E-state index contributed by atoms with van der Waals surface area (Å²) < 4.78 is 25.5. The minimum atomic E-state index is -0.148. The van der Waals surface area contributed by atoms with Crippen molar-refractivity contribution in [3.8, 4) is 11.5 Å². The Morgan fingerprint density at radius 2 is 1.55 bits per heavy atom. The number of rotatable bonds is 8. The lowest BCUT2D eigenvalue weighted by Crippen LogP contribution is -2.40. The van der Waals surface area contributed by atoms with Crippen molar-refractivity contribution in [2.75, 3.05) is 0 Å². The zero-order chi connectivity index (χ0) is 21.2. The van der Waals surface area contributed by atoms with Gasteiger partial charge in [0.1, 0.15) is 5.82 Å². The molecule has 3 rings (SSSR count). The molecule has 0 N–H and O–H groups in total. The Bertz CT molecular complexity index is 845. The minimum absolute atomic E-state index is 0.0155. The van der Waals surface area contributed by atoms with E-state index in [4.69, 9.17) is 9.47 Å². The second-order valence-electron chi connectivity index (χ2n) is 9.20. The molecule has 1 aliphatic rings. The number of hydrogen-bond donors (Lipinski definition) is 0. The van der Waals surface area contributed by atoms with Crippen LogP contribution < -0.4 is 9.47 Å². The number of hydrogen-bond acceptors (Lipinski definition) is 3. The van der Waals surface area contributed by atoms with E-state index in [2.05, 4.69) is 30.9 Å². The van der Waals surface area contributed by atoms with Gasteiger partial charge in [0, 0.05) is 18.6 Å². The van der Waals surface area contributed by atoms with Crippen LogP contribution in [0.2, 0.25) is 0 Å². The highest BCUT2D eigenvalue weighted by molar-refractivity contribution is 5.43. The number of benzene rings is 2. The highest BCUT2D eigenvalue weighted by Crippen LogP contribution is 2.34. The van der Waals surface area contributed by atoms with Crippen LogP contribution in [0.1, 0.15) is 64.7 Å². The van der Waals surface area contributed by atoms with Crippen LogP contribution in [0.15, 0.2) is 36.4 Å². The minimum Gasteiger partial charge on any atom is -0.487 e. The Morgan fingerprint density at radius 3 is 2.24 bits per heavy atom. The topological polar surface area (TPSA) is 21.7 Å². The highest BCUT2D eigenvalue weighted by Gasteiger charge is 2.31. The van der Waals surface area contributed by atoms with Crippen LogP contribution in [0.5, 0.6) is 11.5 Å². The second-order valence-corrected chi connectivity index (χ2v) is 9.20. The third kappa shape index (κ3) is 5.51. The van der Waals surface area contributed by atoms with Gasteiger partial charge in [-0.05, 0) is 95.3 Å². The van der Waals surface area contributed by atoms with Crippen molar-refractivity contribution in [1.29, 1.82) is 0 Å². The van der Waals surface area contributed by atoms with Crippen LogP contribution >= 0.6 is 0 Å². The van der Waals surface area contributed by atoms with Gasteiger partial charge in [-0.2, -0.15) is 0 Å². The van der Waals surface area contributed by atoms with Crippen molar-refractivity contribution in [2.45, 2.75) is 85.2 Å². The first-order valence-electron chi connectivity index (χ1n) is 10.6. The maximum absolute atomic E-state index is 13.6. The predicted molar refractivity (Wildman–Crippen MR) is 116 cm³/mol. The first kappa shape index (κ1) is 21.6. The van der Waals surface area contributed by atoms with Crippen LogP contribution in [-0.4, -0.2) is 22.6 Å². The molecule has 0 spiro atoms. The van der Waals surface area contributed by atoms with Crippen LogP contribution in [0, 0.1) is 5.82 Å². The van der Waals surface area contributed by atoms with Gasteiger partial charge in [0.05, 0.1) is 12.2 Å². The summed E-state index contributed by atoms with van der Waals surface area (Å²) in [6.07, 6.45) is 2.16. The first-order valence-corrected chi connectivity index (χ1v) is 10.6. The van der Waals surface area contributed by atoms with E-state index in [-0.39, 0.29) is 23.6 Å². The molecule has 0 amide bonds. The Balaban J connectivity index is 1.68. The molecule has 3 nitrogen and oxygen atoms in total. The molecule has 0 bridgehead atoms. The van der Waals surface area contributed by atoms with E-state index < -0.39 is 0 Å².